The summed E-state index contributed by atoms with van der Waals surface area (Å²) in [6, 6.07) is 18.0. The zero-order valence-electron chi connectivity index (χ0n) is 17.6. The van der Waals surface area contributed by atoms with Crippen LogP contribution >= 0.6 is 15.9 Å². The Morgan fingerprint density at radius 3 is 2.52 bits per heavy atom. The van der Waals surface area contributed by atoms with Crippen LogP contribution in [0.2, 0.25) is 0 Å². The zero-order valence-corrected chi connectivity index (χ0v) is 19.2. The largest absolute Gasteiger partial charge is 0.494 e. The molecule has 0 atom stereocenters. The van der Waals surface area contributed by atoms with E-state index < -0.39 is 5.82 Å². The van der Waals surface area contributed by atoms with Crippen LogP contribution in [-0.4, -0.2) is 17.7 Å². The number of benzene rings is 2. The van der Waals surface area contributed by atoms with Crippen LogP contribution in [0.25, 0.3) is 0 Å². The van der Waals surface area contributed by atoms with Gasteiger partial charge in [-0.25, -0.2) is 9.37 Å². The Morgan fingerprint density at radius 2 is 1.90 bits per heavy atom. The second-order valence-corrected chi connectivity index (χ2v) is 7.87. The zero-order chi connectivity index (χ0) is 22.4. The number of hydrogen-bond acceptors (Lipinski definition) is 5. The number of pyridine rings is 1. The summed E-state index contributed by atoms with van der Waals surface area (Å²) in [5.41, 5.74) is 1.73. The SMILES string of the molecule is CCOc1cc(CN(c2ccc(C#N)cc2)c2cccc(Br)n2)c(F)c(OC(C)C)c1. The van der Waals surface area contributed by atoms with E-state index in [1.54, 1.807) is 24.3 Å². The minimum Gasteiger partial charge on any atom is -0.494 e. The molecule has 0 fully saturated rings. The molecule has 160 valence electrons. The Morgan fingerprint density at radius 1 is 1.16 bits per heavy atom. The third-order valence-corrected chi connectivity index (χ3v) is 4.82. The summed E-state index contributed by atoms with van der Waals surface area (Å²) >= 11 is 3.40. The summed E-state index contributed by atoms with van der Waals surface area (Å²) in [5, 5.41) is 9.12. The van der Waals surface area contributed by atoms with Crippen LogP contribution in [0.15, 0.2) is 59.2 Å². The van der Waals surface area contributed by atoms with Gasteiger partial charge in [0.15, 0.2) is 11.6 Å². The molecular weight excluding hydrogens is 461 g/mol. The number of hydrogen-bond donors (Lipinski definition) is 0. The molecule has 1 aromatic heterocycles. The Kier molecular flexibility index (Phi) is 7.48. The maximum atomic E-state index is 15.4. The van der Waals surface area contributed by atoms with E-state index in [1.165, 1.54) is 0 Å². The summed E-state index contributed by atoms with van der Waals surface area (Å²) in [4.78, 5) is 6.41. The average Bonchev–Trinajstić information content (AvgIpc) is 2.75. The second-order valence-electron chi connectivity index (χ2n) is 7.06. The van der Waals surface area contributed by atoms with Gasteiger partial charge in [-0.05, 0) is 79.2 Å². The number of anilines is 2. The molecule has 3 rings (SSSR count). The number of nitriles is 1. The third-order valence-electron chi connectivity index (χ3n) is 4.38. The standard InChI is InChI=1S/C24H23BrFN3O2/c1-4-30-20-12-18(24(26)21(13-20)31-16(2)3)15-29(23-7-5-6-22(25)28-23)19-10-8-17(14-27)9-11-19/h5-13,16H,4,15H2,1-3H3. The minimum atomic E-state index is -0.439. The quantitative estimate of drug-likeness (QED) is 0.348. The van der Waals surface area contributed by atoms with Crippen molar-refractivity contribution >= 4 is 27.4 Å². The molecule has 0 aliphatic rings. The highest BCUT2D eigenvalue weighted by Gasteiger charge is 2.19. The number of aromatic nitrogens is 1. The maximum Gasteiger partial charge on any atom is 0.170 e. The number of nitrogens with zero attached hydrogens (tertiary/aromatic N) is 3. The molecule has 0 unspecified atom stereocenters. The first-order valence-electron chi connectivity index (χ1n) is 9.93. The predicted molar refractivity (Wildman–Crippen MR) is 122 cm³/mol. The Hall–Kier alpha value is -3.11. The fraction of sp³-hybridized carbons (Fsp3) is 0.250. The van der Waals surface area contributed by atoms with Gasteiger partial charge in [-0.1, -0.05) is 6.07 Å². The molecular formula is C24H23BrFN3O2. The van der Waals surface area contributed by atoms with Gasteiger partial charge >= 0.3 is 0 Å². The highest BCUT2D eigenvalue weighted by Crippen LogP contribution is 2.33. The first-order chi connectivity index (χ1) is 14.9. The van der Waals surface area contributed by atoms with E-state index in [4.69, 9.17) is 14.7 Å². The highest BCUT2D eigenvalue weighted by atomic mass is 79.9. The Bertz CT molecular complexity index is 1080. The predicted octanol–water partition coefficient (Wildman–Crippen LogP) is 6.38. The number of rotatable bonds is 8. The smallest absolute Gasteiger partial charge is 0.170 e. The summed E-state index contributed by atoms with van der Waals surface area (Å²) < 4.78 is 27.4. The fourth-order valence-electron chi connectivity index (χ4n) is 3.07. The molecule has 31 heavy (non-hydrogen) atoms. The van der Waals surface area contributed by atoms with E-state index in [9.17, 15) is 0 Å². The molecule has 0 radical (unpaired) electrons. The van der Waals surface area contributed by atoms with Crippen LogP contribution in [0, 0.1) is 17.1 Å². The molecule has 5 nitrogen and oxygen atoms in total. The molecule has 0 aliphatic heterocycles. The van der Waals surface area contributed by atoms with Crippen LogP contribution in [0.5, 0.6) is 11.5 Å². The van der Waals surface area contributed by atoms with Gasteiger partial charge in [0.1, 0.15) is 16.2 Å². The Balaban J connectivity index is 2.08. The van der Waals surface area contributed by atoms with Crippen LogP contribution in [-0.2, 0) is 6.54 Å². The first-order valence-corrected chi connectivity index (χ1v) is 10.7. The summed E-state index contributed by atoms with van der Waals surface area (Å²) in [6.07, 6.45) is -0.180. The molecule has 2 aromatic carbocycles. The molecule has 0 aliphatic carbocycles. The highest BCUT2D eigenvalue weighted by molar-refractivity contribution is 9.10. The van der Waals surface area contributed by atoms with Gasteiger partial charge < -0.3 is 14.4 Å². The van der Waals surface area contributed by atoms with Crippen molar-refractivity contribution in [1.29, 1.82) is 5.26 Å². The van der Waals surface area contributed by atoms with Crippen molar-refractivity contribution < 1.29 is 13.9 Å². The van der Waals surface area contributed by atoms with Crippen molar-refractivity contribution in [3.8, 4) is 17.6 Å². The molecule has 0 saturated heterocycles. The van der Waals surface area contributed by atoms with E-state index in [0.29, 0.717) is 33.9 Å². The van der Waals surface area contributed by atoms with Gasteiger partial charge in [-0.2, -0.15) is 5.26 Å². The van der Waals surface area contributed by atoms with Crippen molar-refractivity contribution in [3.05, 3.63) is 76.1 Å². The molecule has 0 amide bonds. The summed E-state index contributed by atoms with van der Waals surface area (Å²) in [6.45, 7) is 6.22. The van der Waals surface area contributed by atoms with Gasteiger partial charge in [0.2, 0.25) is 0 Å². The Labute approximate surface area is 190 Å². The molecule has 0 spiro atoms. The number of halogens is 2. The normalized spacial score (nSPS) is 10.6. The van der Waals surface area contributed by atoms with Crippen LogP contribution < -0.4 is 14.4 Å². The van der Waals surface area contributed by atoms with Crippen molar-refractivity contribution in [2.24, 2.45) is 0 Å². The van der Waals surface area contributed by atoms with Crippen LogP contribution in [0.1, 0.15) is 31.9 Å². The maximum absolute atomic E-state index is 15.4. The monoisotopic (exact) mass is 483 g/mol. The summed E-state index contributed by atoms with van der Waals surface area (Å²) in [7, 11) is 0. The van der Waals surface area contributed by atoms with Crippen LogP contribution in [0.3, 0.4) is 0 Å². The number of ether oxygens (including phenoxy) is 2. The first kappa shape index (κ1) is 22.6. The minimum absolute atomic E-state index is 0.151. The molecule has 0 saturated carbocycles. The van der Waals surface area contributed by atoms with E-state index in [1.807, 2.05) is 56.0 Å². The van der Waals surface area contributed by atoms with Crippen molar-refractivity contribution in [3.63, 3.8) is 0 Å². The lowest BCUT2D eigenvalue weighted by Crippen LogP contribution is -2.19. The average molecular weight is 484 g/mol. The van der Waals surface area contributed by atoms with Gasteiger partial charge in [-0.15, -0.1) is 0 Å². The van der Waals surface area contributed by atoms with E-state index in [0.717, 1.165) is 5.69 Å². The molecule has 0 bridgehead atoms. The van der Waals surface area contributed by atoms with E-state index in [-0.39, 0.29) is 18.4 Å². The van der Waals surface area contributed by atoms with Gasteiger partial charge in [0.05, 0.1) is 30.9 Å². The molecule has 0 N–H and O–H groups in total. The van der Waals surface area contributed by atoms with E-state index in [2.05, 4.69) is 27.0 Å². The molecule has 7 heteroatoms. The lowest BCUT2D eigenvalue weighted by molar-refractivity contribution is 0.228. The molecule has 3 aromatic rings. The third kappa shape index (κ3) is 5.74. The lowest BCUT2D eigenvalue weighted by Gasteiger charge is -2.25. The van der Waals surface area contributed by atoms with Crippen molar-refractivity contribution in [2.75, 3.05) is 11.5 Å². The topological polar surface area (TPSA) is 58.4 Å². The van der Waals surface area contributed by atoms with Gasteiger partial charge in [0, 0.05) is 17.3 Å². The van der Waals surface area contributed by atoms with Gasteiger partial charge in [0.25, 0.3) is 0 Å². The summed E-state index contributed by atoms with van der Waals surface area (Å²) in [5.74, 6) is 0.881. The van der Waals surface area contributed by atoms with Crippen molar-refractivity contribution in [1.82, 2.24) is 4.98 Å². The van der Waals surface area contributed by atoms with Crippen molar-refractivity contribution in [2.45, 2.75) is 33.4 Å². The van der Waals surface area contributed by atoms with Gasteiger partial charge in [-0.3, -0.25) is 0 Å². The van der Waals surface area contributed by atoms with Crippen LogP contribution in [0.4, 0.5) is 15.9 Å². The molecule has 1 heterocycles. The lowest BCUT2D eigenvalue weighted by atomic mass is 10.1. The fourth-order valence-corrected chi connectivity index (χ4v) is 3.41. The van der Waals surface area contributed by atoms with E-state index >= 15 is 4.39 Å². The second kappa shape index (κ2) is 10.3.